The first-order valence-electron chi connectivity index (χ1n) is 5.01. The molecule has 15 heavy (non-hydrogen) atoms. The molecule has 3 nitrogen and oxygen atoms in total. The Hall–Kier alpha value is -1.29. The molecule has 1 aliphatic rings. The van der Waals surface area contributed by atoms with Crippen LogP contribution in [-0.4, -0.2) is 19.3 Å². The van der Waals surface area contributed by atoms with Crippen LogP contribution in [0.25, 0.3) is 0 Å². The van der Waals surface area contributed by atoms with Crippen molar-refractivity contribution in [3.05, 3.63) is 23.5 Å². The molecule has 1 aromatic rings. The highest BCUT2D eigenvalue weighted by Crippen LogP contribution is 2.35. The van der Waals surface area contributed by atoms with Crippen LogP contribution in [0.3, 0.4) is 0 Å². The molecule has 0 spiro atoms. The van der Waals surface area contributed by atoms with Gasteiger partial charge in [-0.3, -0.25) is 0 Å². The molecule has 1 unspecified atom stereocenters. The molecule has 0 aromatic heterocycles. The summed E-state index contributed by atoms with van der Waals surface area (Å²) in [6.07, 6.45) is 0.457. The Morgan fingerprint density at radius 1 is 1.40 bits per heavy atom. The highest BCUT2D eigenvalue weighted by atomic mass is 19.1. The Balaban J connectivity index is 2.41. The van der Waals surface area contributed by atoms with Crippen LogP contribution in [0.1, 0.15) is 12.5 Å². The van der Waals surface area contributed by atoms with Gasteiger partial charge in [-0.05, 0) is 25.5 Å². The maximum Gasteiger partial charge on any atom is 0.167 e. The van der Waals surface area contributed by atoms with E-state index in [0.717, 1.165) is 0 Å². The van der Waals surface area contributed by atoms with E-state index in [1.54, 1.807) is 6.07 Å². The summed E-state index contributed by atoms with van der Waals surface area (Å²) in [7, 11) is 0. The minimum absolute atomic E-state index is 0.100. The number of halogens is 1. The van der Waals surface area contributed by atoms with Gasteiger partial charge in [0.05, 0.1) is 0 Å². The highest BCUT2D eigenvalue weighted by molar-refractivity contribution is 5.48. The molecule has 0 amide bonds. The third-order valence-corrected chi connectivity index (χ3v) is 2.28. The monoisotopic (exact) mass is 211 g/mol. The summed E-state index contributed by atoms with van der Waals surface area (Å²) >= 11 is 0. The van der Waals surface area contributed by atoms with Crippen LogP contribution >= 0.6 is 0 Å². The van der Waals surface area contributed by atoms with Crippen LogP contribution < -0.4 is 15.2 Å². The van der Waals surface area contributed by atoms with Crippen molar-refractivity contribution in [2.24, 2.45) is 5.73 Å². The number of benzene rings is 1. The minimum Gasteiger partial charge on any atom is -0.486 e. The van der Waals surface area contributed by atoms with Gasteiger partial charge in [-0.2, -0.15) is 0 Å². The molecular formula is C11H14FNO2. The topological polar surface area (TPSA) is 44.5 Å². The van der Waals surface area contributed by atoms with E-state index in [4.69, 9.17) is 15.2 Å². The molecule has 2 rings (SSSR count). The van der Waals surface area contributed by atoms with Crippen molar-refractivity contribution in [3.8, 4) is 11.5 Å². The van der Waals surface area contributed by atoms with Crippen LogP contribution in [0, 0.1) is 5.82 Å². The van der Waals surface area contributed by atoms with E-state index >= 15 is 0 Å². The van der Waals surface area contributed by atoms with Gasteiger partial charge in [0.15, 0.2) is 11.5 Å². The van der Waals surface area contributed by atoms with Gasteiger partial charge in [-0.25, -0.2) is 4.39 Å². The van der Waals surface area contributed by atoms with Crippen molar-refractivity contribution in [2.45, 2.75) is 19.4 Å². The van der Waals surface area contributed by atoms with Crippen LogP contribution in [0.4, 0.5) is 4.39 Å². The van der Waals surface area contributed by atoms with Gasteiger partial charge in [0.25, 0.3) is 0 Å². The molecule has 1 heterocycles. The highest BCUT2D eigenvalue weighted by Gasteiger charge is 2.20. The van der Waals surface area contributed by atoms with Crippen molar-refractivity contribution in [1.29, 1.82) is 0 Å². The normalized spacial score (nSPS) is 16.2. The van der Waals surface area contributed by atoms with Crippen molar-refractivity contribution < 1.29 is 13.9 Å². The second-order valence-corrected chi connectivity index (χ2v) is 3.73. The number of rotatable bonds is 2. The first kappa shape index (κ1) is 10.2. The molecule has 4 heteroatoms. The van der Waals surface area contributed by atoms with Crippen molar-refractivity contribution in [2.75, 3.05) is 13.2 Å². The minimum atomic E-state index is -0.281. The van der Waals surface area contributed by atoms with Gasteiger partial charge in [0.2, 0.25) is 0 Å². The lowest BCUT2D eigenvalue weighted by Crippen LogP contribution is -2.22. The summed E-state index contributed by atoms with van der Waals surface area (Å²) in [5.74, 6) is 0.841. The summed E-state index contributed by atoms with van der Waals surface area (Å²) in [5, 5.41) is 0. The van der Waals surface area contributed by atoms with E-state index in [1.165, 1.54) is 6.07 Å². The molecule has 1 aromatic carbocycles. The van der Waals surface area contributed by atoms with E-state index in [0.29, 0.717) is 36.7 Å². The Morgan fingerprint density at radius 3 is 2.87 bits per heavy atom. The maximum absolute atomic E-state index is 13.5. The molecule has 0 bridgehead atoms. The van der Waals surface area contributed by atoms with E-state index in [2.05, 4.69) is 0 Å². The van der Waals surface area contributed by atoms with Gasteiger partial charge in [-0.1, -0.05) is 0 Å². The van der Waals surface area contributed by atoms with Gasteiger partial charge >= 0.3 is 0 Å². The van der Waals surface area contributed by atoms with Gasteiger partial charge in [0.1, 0.15) is 19.0 Å². The number of nitrogens with two attached hydrogens (primary N) is 1. The molecule has 0 fully saturated rings. The predicted octanol–water partition coefficient (Wildman–Crippen LogP) is 1.49. The average molecular weight is 211 g/mol. The first-order chi connectivity index (χ1) is 7.18. The van der Waals surface area contributed by atoms with Gasteiger partial charge in [-0.15, -0.1) is 0 Å². The van der Waals surface area contributed by atoms with Crippen LogP contribution in [0.15, 0.2) is 12.1 Å². The molecule has 0 radical (unpaired) electrons. The van der Waals surface area contributed by atoms with Crippen molar-refractivity contribution in [1.82, 2.24) is 0 Å². The lowest BCUT2D eigenvalue weighted by Gasteiger charge is -2.22. The zero-order valence-electron chi connectivity index (χ0n) is 8.63. The summed E-state index contributed by atoms with van der Waals surface area (Å²) in [6, 6.07) is 2.89. The number of hydrogen-bond acceptors (Lipinski definition) is 3. The number of ether oxygens (including phenoxy) is 2. The third kappa shape index (κ3) is 2.04. The fraction of sp³-hybridized carbons (Fsp3) is 0.455. The Labute approximate surface area is 88.0 Å². The lowest BCUT2D eigenvalue weighted by molar-refractivity contribution is 0.168. The average Bonchev–Trinajstić information content (AvgIpc) is 2.22. The predicted molar refractivity (Wildman–Crippen MR) is 54.7 cm³/mol. The summed E-state index contributed by atoms with van der Waals surface area (Å²) in [4.78, 5) is 0. The molecule has 1 atom stereocenters. The molecule has 2 N–H and O–H groups in total. The quantitative estimate of drug-likeness (QED) is 0.806. The summed E-state index contributed by atoms with van der Waals surface area (Å²) in [6.45, 7) is 2.81. The molecule has 82 valence electrons. The summed E-state index contributed by atoms with van der Waals surface area (Å²) in [5.41, 5.74) is 6.18. The second-order valence-electron chi connectivity index (χ2n) is 3.73. The smallest absolute Gasteiger partial charge is 0.167 e. The van der Waals surface area contributed by atoms with Crippen LogP contribution in [-0.2, 0) is 6.42 Å². The van der Waals surface area contributed by atoms with Crippen molar-refractivity contribution in [3.63, 3.8) is 0 Å². The zero-order chi connectivity index (χ0) is 10.8. The molecule has 0 saturated heterocycles. The van der Waals surface area contributed by atoms with E-state index in [-0.39, 0.29) is 11.9 Å². The Kier molecular flexibility index (Phi) is 2.77. The maximum atomic E-state index is 13.5. The number of hydrogen-bond donors (Lipinski definition) is 1. The van der Waals surface area contributed by atoms with E-state index < -0.39 is 0 Å². The third-order valence-electron chi connectivity index (χ3n) is 2.28. The first-order valence-corrected chi connectivity index (χ1v) is 5.01. The van der Waals surface area contributed by atoms with Crippen LogP contribution in [0.5, 0.6) is 11.5 Å². The molecule has 0 saturated carbocycles. The van der Waals surface area contributed by atoms with Crippen LogP contribution in [0.2, 0.25) is 0 Å². The van der Waals surface area contributed by atoms with E-state index in [1.807, 2.05) is 6.92 Å². The Bertz CT molecular complexity index is 366. The van der Waals surface area contributed by atoms with Gasteiger partial charge < -0.3 is 15.2 Å². The Morgan fingerprint density at radius 2 is 2.13 bits per heavy atom. The number of fused-ring (bicyclic) bond motifs is 1. The standard InChI is InChI=1S/C11H14FNO2/c1-7(13)6-8-9(12)2-3-10-11(8)15-5-4-14-10/h2-3,7H,4-6,13H2,1H3. The molecule has 0 aliphatic carbocycles. The lowest BCUT2D eigenvalue weighted by atomic mass is 10.0. The zero-order valence-corrected chi connectivity index (χ0v) is 8.63. The largest absolute Gasteiger partial charge is 0.486 e. The summed E-state index contributed by atoms with van der Waals surface area (Å²) < 4.78 is 24.3. The van der Waals surface area contributed by atoms with Gasteiger partial charge in [0, 0.05) is 11.6 Å². The van der Waals surface area contributed by atoms with E-state index in [9.17, 15) is 4.39 Å². The SMILES string of the molecule is CC(N)Cc1c(F)ccc2c1OCCO2. The fourth-order valence-corrected chi connectivity index (χ4v) is 1.66. The second kappa shape index (κ2) is 4.06. The van der Waals surface area contributed by atoms with Crippen molar-refractivity contribution >= 4 is 0 Å². The molecule has 1 aliphatic heterocycles. The molecular weight excluding hydrogens is 197 g/mol. The fourth-order valence-electron chi connectivity index (χ4n) is 1.66.